The maximum Gasteiger partial charge on any atom is 2.00 e. The van der Waals surface area contributed by atoms with E-state index < -0.39 is 0 Å². The molecule has 23 heteroatoms. The van der Waals surface area contributed by atoms with E-state index in [1.54, 1.807) is 72.8 Å². The number of pyridine rings is 6. The van der Waals surface area contributed by atoms with Gasteiger partial charge in [0.1, 0.15) is 30.9 Å². The normalized spacial score (nSPS) is 8.26. The number of rotatable bonds is 0. The summed E-state index contributed by atoms with van der Waals surface area (Å²) in [6.07, 6.45) is 0. The zero-order valence-electron chi connectivity index (χ0n) is 27.0. The van der Waals surface area contributed by atoms with Crippen molar-refractivity contribution in [2.45, 2.75) is 0 Å². The molecule has 6 heterocycles. The number of aromatic nitrogens is 6. The van der Waals surface area contributed by atoms with Gasteiger partial charge < -0.3 is 36.1 Å². The smallest absolute Gasteiger partial charge is 0.859 e. The van der Waals surface area contributed by atoms with Gasteiger partial charge in [-0.3, -0.25) is 29.9 Å². The van der Waals surface area contributed by atoms with E-state index in [0.29, 0.717) is 0 Å². The van der Waals surface area contributed by atoms with E-state index in [1.807, 2.05) is 0 Å². The minimum Gasteiger partial charge on any atom is -0.859 e. The maximum atomic E-state index is 10.3. The largest absolute Gasteiger partial charge is 2.00 e. The average molecular weight is 953 g/mol. The molecule has 0 saturated heterocycles. The molecule has 0 atom stereocenters. The summed E-state index contributed by atoms with van der Waals surface area (Å²) in [6, 6.07) is 26.9. The minimum absolute atomic E-state index is 0. The molecule has 6 aromatic heterocycles. The van der Waals surface area contributed by atoms with Crippen LogP contribution in [0.5, 0.6) is 35.3 Å². The van der Waals surface area contributed by atoms with Crippen molar-refractivity contribution in [2.75, 3.05) is 0 Å². The molecule has 274 valence electrons. The van der Waals surface area contributed by atoms with Crippen LogP contribution in [0.2, 0.25) is 30.9 Å². The SMILES string of the molecule is O.[Co+2].[Co+2].[Na+].[Na+].[O-]c1cccc(Cl)n1.[O-]c1cccc(Cl)n1.[O-]c1cccc(Cl)n1.[O-]c1cccc(Cl)n1.[O-]c1cccc(Cl)n1.[O-]c1cccc(Cl)n1. The van der Waals surface area contributed by atoms with Crippen LogP contribution in [0.15, 0.2) is 109 Å². The summed E-state index contributed by atoms with van der Waals surface area (Å²) < 4.78 is 0. The van der Waals surface area contributed by atoms with Crippen LogP contribution < -0.4 is 89.8 Å². The van der Waals surface area contributed by atoms with Gasteiger partial charge in [0.25, 0.3) is 0 Å². The van der Waals surface area contributed by atoms with E-state index in [1.165, 1.54) is 36.4 Å². The number of nitrogens with zero attached hydrogens (tertiary/aromatic N) is 6. The Hall–Kier alpha value is -1.59. The predicted octanol–water partition coefficient (Wildman–Crippen LogP) is -1.97. The number of hydrogen-bond acceptors (Lipinski definition) is 12. The molecule has 6 rings (SSSR count). The Morgan fingerprint density at radius 2 is 0.396 bits per heavy atom. The van der Waals surface area contributed by atoms with Gasteiger partial charge >= 0.3 is 92.7 Å². The van der Waals surface area contributed by atoms with Crippen molar-refractivity contribution in [3.8, 4) is 35.3 Å². The van der Waals surface area contributed by atoms with Crippen molar-refractivity contribution in [3.63, 3.8) is 0 Å². The Bertz CT molecular complexity index is 1400. The minimum atomic E-state index is -0.294. The third-order valence-electron chi connectivity index (χ3n) is 4.14. The summed E-state index contributed by atoms with van der Waals surface area (Å²) in [5.74, 6) is -1.76. The van der Waals surface area contributed by atoms with Crippen LogP contribution in [-0.2, 0) is 33.6 Å². The summed E-state index contributed by atoms with van der Waals surface area (Å²) >= 11 is 32.0. The second-order valence-electron chi connectivity index (χ2n) is 7.79. The molecule has 0 aliphatic heterocycles. The summed E-state index contributed by atoms with van der Waals surface area (Å²) in [7, 11) is 0. The van der Waals surface area contributed by atoms with Crippen LogP contribution in [0, 0.1) is 0 Å². The van der Waals surface area contributed by atoms with E-state index in [2.05, 4.69) is 29.9 Å². The predicted molar refractivity (Wildman–Crippen MR) is 176 cm³/mol. The van der Waals surface area contributed by atoms with E-state index in [9.17, 15) is 30.6 Å². The molecule has 13 nitrogen and oxygen atoms in total. The Labute approximate surface area is 399 Å². The Morgan fingerprint density at radius 3 is 0.453 bits per heavy atom. The van der Waals surface area contributed by atoms with E-state index in [-0.39, 0.29) is 164 Å². The molecule has 53 heavy (non-hydrogen) atoms. The first-order valence-electron chi connectivity index (χ1n) is 12.5. The van der Waals surface area contributed by atoms with Gasteiger partial charge in [0.05, 0.1) is 0 Å². The molecular formula is C30H20Cl6Co2N6Na2O7. The van der Waals surface area contributed by atoms with Gasteiger partial charge in [0, 0.05) is 0 Å². The standard InChI is InChI=1S/6C5H4ClNO.2Co.2Na.H2O/c6*6-4-2-1-3-5(8)7-4;;;;;/h6*1-3H,(H,7,8);;;;;1H2/q;;;;;;2*+2;2*+1;/p-6. The van der Waals surface area contributed by atoms with Crippen molar-refractivity contribution in [3.05, 3.63) is 140 Å². The Kier molecular flexibility index (Phi) is 41.3. The summed E-state index contributed by atoms with van der Waals surface area (Å²) in [5, 5.41) is 63.3. The monoisotopic (exact) mass is 950 g/mol. The molecular weight excluding hydrogens is 933 g/mol. The zero-order chi connectivity index (χ0) is 35.9. The van der Waals surface area contributed by atoms with Crippen LogP contribution in [0.1, 0.15) is 0 Å². The topological polar surface area (TPSA) is 247 Å². The third-order valence-corrected chi connectivity index (χ3v) is 5.40. The summed E-state index contributed by atoms with van der Waals surface area (Å²) in [4.78, 5) is 20.3. The Balaban J connectivity index is -0.000000171. The van der Waals surface area contributed by atoms with Crippen molar-refractivity contribution in [1.29, 1.82) is 0 Å². The number of hydrogen-bond donors (Lipinski definition) is 0. The molecule has 2 radical (unpaired) electrons. The fraction of sp³-hybridized carbons (Fsp3) is 0. The van der Waals surface area contributed by atoms with E-state index in [4.69, 9.17) is 69.6 Å². The van der Waals surface area contributed by atoms with Crippen molar-refractivity contribution in [2.24, 2.45) is 0 Å². The second kappa shape index (κ2) is 36.1. The van der Waals surface area contributed by atoms with Crippen molar-refractivity contribution >= 4 is 69.6 Å². The molecule has 0 saturated carbocycles. The quantitative estimate of drug-likeness (QED) is 0.119. The van der Waals surface area contributed by atoms with Gasteiger partial charge in [-0.15, -0.1) is 0 Å². The summed E-state index contributed by atoms with van der Waals surface area (Å²) in [6.45, 7) is 0. The Morgan fingerprint density at radius 1 is 0.283 bits per heavy atom. The van der Waals surface area contributed by atoms with Crippen LogP contribution in [0.4, 0.5) is 0 Å². The van der Waals surface area contributed by atoms with Crippen LogP contribution in [0.3, 0.4) is 0 Å². The molecule has 0 bridgehead atoms. The second-order valence-corrected chi connectivity index (χ2v) is 10.1. The summed E-state index contributed by atoms with van der Waals surface area (Å²) in [5.41, 5.74) is 0. The first-order valence-corrected chi connectivity index (χ1v) is 14.8. The fourth-order valence-electron chi connectivity index (χ4n) is 2.34. The van der Waals surface area contributed by atoms with E-state index >= 15 is 0 Å². The van der Waals surface area contributed by atoms with Gasteiger partial charge in [-0.2, -0.15) is 0 Å². The van der Waals surface area contributed by atoms with Crippen molar-refractivity contribution in [1.82, 2.24) is 29.9 Å². The fourth-order valence-corrected chi connectivity index (χ4v) is 3.27. The molecule has 0 spiro atoms. The molecule has 2 N–H and O–H groups in total. The van der Waals surface area contributed by atoms with Gasteiger partial charge in [-0.05, 0) is 71.7 Å². The van der Waals surface area contributed by atoms with Crippen LogP contribution in [-0.4, -0.2) is 35.4 Å². The van der Waals surface area contributed by atoms with Gasteiger partial charge in [0.15, 0.2) is 0 Å². The van der Waals surface area contributed by atoms with Gasteiger partial charge in [-0.1, -0.05) is 142 Å². The molecule has 0 aromatic carbocycles. The van der Waals surface area contributed by atoms with Crippen LogP contribution >= 0.6 is 69.6 Å². The first-order chi connectivity index (χ1) is 22.7. The molecule has 0 unspecified atom stereocenters. The molecule has 0 aliphatic carbocycles. The zero-order valence-corrected chi connectivity index (χ0v) is 37.6. The maximum absolute atomic E-state index is 10.3. The van der Waals surface area contributed by atoms with Gasteiger partial charge in [-0.25, -0.2) is 0 Å². The molecule has 0 fully saturated rings. The average Bonchev–Trinajstić information content (AvgIpc) is 2.98. The molecule has 0 aliphatic rings. The number of halogens is 6. The van der Waals surface area contributed by atoms with E-state index in [0.717, 1.165) is 0 Å². The van der Waals surface area contributed by atoms with Crippen LogP contribution in [0.25, 0.3) is 0 Å². The van der Waals surface area contributed by atoms with Gasteiger partial charge in [0.2, 0.25) is 0 Å². The molecule has 6 aromatic rings. The van der Waals surface area contributed by atoms with Crippen molar-refractivity contribution < 1.29 is 129 Å². The third kappa shape index (κ3) is 34.6. The first kappa shape index (κ1) is 60.7. The molecule has 0 amide bonds.